The van der Waals surface area contributed by atoms with Crippen LogP contribution in [0.5, 0.6) is 0 Å². The van der Waals surface area contributed by atoms with E-state index in [9.17, 15) is 22.8 Å². The highest BCUT2D eigenvalue weighted by atomic mass is 35.5. The maximum atomic E-state index is 12.5. The number of amides is 2. The lowest BCUT2D eigenvalue weighted by molar-refractivity contribution is -0.137. The lowest BCUT2D eigenvalue weighted by Crippen LogP contribution is -2.44. The predicted molar refractivity (Wildman–Crippen MR) is 91.7 cm³/mol. The molecule has 26 heavy (non-hydrogen) atoms. The molecule has 8 heteroatoms. The molecule has 138 valence electrons. The van der Waals surface area contributed by atoms with Crippen molar-refractivity contribution >= 4 is 23.4 Å². The largest absolute Gasteiger partial charge is 0.416 e. The molecule has 0 aliphatic rings. The highest BCUT2D eigenvalue weighted by Crippen LogP contribution is 2.29. The van der Waals surface area contributed by atoms with Crippen molar-refractivity contribution in [3.8, 4) is 0 Å². The van der Waals surface area contributed by atoms with Crippen molar-refractivity contribution in [2.24, 2.45) is 0 Å². The van der Waals surface area contributed by atoms with Crippen LogP contribution in [0.1, 0.15) is 28.4 Å². The Labute approximate surface area is 153 Å². The Morgan fingerprint density at radius 2 is 1.62 bits per heavy atom. The van der Waals surface area contributed by atoms with Crippen LogP contribution in [0.2, 0.25) is 5.02 Å². The van der Waals surface area contributed by atoms with Gasteiger partial charge in [-0.25, -0.2) is 0 Å². The SMILES string of the molecule is CC(NC(=O)c1ccc(Cl)cc1)C(=O)NCc1ccc(C(F)(F)F)cc1. The first kappa shape index (κ1) is 19.8. The second-order valence-electron chi connectivity index (χ2n) is 5.61. The molecule has 1 atom stereocenters. The van der Waals surface area contributed by atoms with Gasteiger partial charge in [-0.2, -0.15) is 13.2 Å². The molecule has 0 spiro atoms. The number of nitrogens with one attached hydrogen (secondary N) is 2. The van der Waals surface area contributed by atoms with Crippen molar-refractivity contribution in [2.45, 2.75) is 25.7 Å². The van der Waals surface area contributed by atoms with E-state index in [4.69, 9.17) is 11.6 Å². The number of carbonyl (C=O) groups is 2. The molecule has 0 aromatic heterocycles. The van der Waals surface area contributed by atoms with Crippen molar-refractivity contribution in [2.75, 3.05) is 0 Å². The molecule has 0 heterocycles. The molecule has 0 saturated heterocycles. The fourth-order valence-electron chi connectivity index (χ4n) is 2.10. The molecular weight excluding hydrogens is 369 g/mol. The van der Waals surface area contributed by atoms with Crippen LogP contribution in [-0.2, 0) is 17.5 Å². The maximum Gasteiger partial charge on any atom is 0.416 e. The minimum Gasteiger partial charge on any atom is -0.350 e. The van der Waals surface area contributed by atoms with Gasteiger partial charge in [0.25, 0.3) is 5.91 Å². The molecule has 0 aliphatic heterocycles. The first-order valence-electron chi connectivity index (χ1n) is 7.67. The minimum absolute atomic E-state index is 0.0537. The van der Waals surface area contributed by atoms with Crippen LogP contribution in [0.4, 0.5) is 13.2 Å². The molecular formula is C18H16ClF3N2O2. The number of carbonyl (C=O) groups excluding carboxylic acids is 2. The summed E-state index contributed by atoms with van der Waals surface area (Å²) < 4.78 is 37.5. The smallest absolute Gasteiger partial charge is 0.350 e. The summed E-state index contributed by atoms with van der Waals surface area (Å²) in [6, 6.07) is 9.86. The number of rotatable bonds is 5. The van der Waals surface area contributed by atoms with Crippen LogP contribution in [0.15, 0.2) is 48.5 Å². The van der Waals surface area contributed by atoms with Gasteiger partial charge in [0.15, 0.2) is 0 Å². The van der Waals surface area contributed by atoms with Gasteiger partial charge in [-0.1, -0.05) is 23.7 Å². The molecule has 2 N–H and O–H groups in total. The van der Waals surface area contributed by atoms with Gasteiger partial charge >= 0.3 is 6.18 Å². The van der Waals surface area contributed by atoms with E-state index in [2.05, 4.69) is 10.6 Å². The summed E-state index contributed by atoms with van der Waals surface area (Å²) in [7, 11) is 0. The van der Waals surface area contributed by atoms with Crippen LogP contribution < -0.4 is 10.6 Å². The van der Waals surface area contributed by atoms with Crippen LogP contribution in [0, 0.1) is 0 Å². The summed E-state index contributed by atoms with van der Waals surface area (Å²) in [5, 5.41) is 5.59. The van der Waals surface area contributed by atoms with Gasteiger partial charge in [0.1, 0.15) is 6.04 Å². The fraction of sp³-hybridized carbons (Fsp3) is 0.222. The fourth-order valence-corrected chi connectivity index (χ4v) is 2.23. The topological polar surface area (TPSA) is 58.2 Å². The van der Waals surface area contributed by atoms with Crippen molar-refractivity contribution < 1.29 is 22.8 Å². The third-order valence-corrected chi connectivity index (χ3v) is 3.85. The predicted octanol–water partition coefficient (Wildman–Crippen LogP) is 3.79. The van der Waals surface area contributed by atoms with Gasteiger partial charge in [-0.15, -0.1) is 0 Å². The molecule has 0 aliphatic carbocycles. The zero-order chi connectivity index (χ0) is 19.3. The second kappa shape index (κ2) is 8.23. The van der Waals surface area contributed by atoms with Gasteiger partial charge in [-0.05, 0) is 48.9 Å². The van der Waals surface area contributed by atoms with E-state index in [0.717, 1.165) is 12.1 Å². The second-order valence-corrected chi connectivity index (χ2v) is 6.05. The molecule has 0 radical (unpaired) electrons. The lowest BCUT2D eigenvalue weighted by atomic mass is 10.1. The summed E-state index contributed by atoms with van der Waals surface area (Å²) in [6.45, 7) is 1.56. The Hall–Kier alpha value is -2.54. The van der Waals surface area contributed by atoms with Gasteiger partial charge < -0.3 is 10.6 Å². The van der Waals surface area contributed by atoms with Gasteiger partial charge in [0.05, 0.1) is 5.56 Å². The highest BCUT2D eigenvalue weighted by Gasteiger charge is 2.29. The molecule has 2 amide bonds. The van der Waals surface area contributed by atoms with Crippen LogP contribution in [0.25, 0.3) is 0 Å². The normalized spacial score (nSPS) is 12.3. The minimum atomic E-state index is -4.40. The molecule has 2 rings (SSSR count). The monoisotopic (exact) mass is 384 g/mol. The lowest BCUT2D eigenvalue weighted by Gasteiger charge is -2.14. The molecule has 4 nitrogen and oxygen atoms in total. The van der Waals surface area contributed by atoms with E-state index < -0.39 is 29.6 Å². The van der Waals surface area contributed by atoms with Crippen LogP contribution in [-0.4, -0.2) is 17.9 Å². The molecule has 2 aromatic carbocycles. The third kappa shape index (κ3) is 5.49. The van der Waals surface area contributed by atoms with Crippen molar-refractivity contribution in [1.29, 1.82) is 0 Å². The Morgan fingerprint density at radius 1 is 1.04 bits per heavy atom. The Balaban J connectivity index is 1.87. The molecule has 0 bridgehead atoms. The summed E-state index contributed by atoms with van der Waals surface area (Å²) in [5.41, 5.74) is 0.121. The van der Waals surface area contributed by atoms with E-state index >= 15 is 0 Å². The number of hydrogen-bond donors (Lipinski definition) is 2. The summed E-state index contributed by atoms with van der Waals surface area (Å²) in [6.07, 6.45) is -4.40. The van der Waals surface area contributed by atoms with E-state index in [0.29, 0.717) is 16.1 Å². The summed E-state index contributed by atoms with van der Waals surface area (Å²) in [5.74, 6) is -0.883. The van der Waals surface area contributed by atoms with Gasteiger partial charge in [0.2, 0.25) is 5.91 Å². The number of hydrogen-bond acceptors (Lipinski definition) is 2. The Bertz CT molecular complexity index is 775. The molecule has 2 aromatic rings. The van der Waals surface area contributed by atoms with Crippen molar-refractivity contribution in [3.05, 3.63) is 70.2 Å². The van der Waals surface area contributed by atoms with Crippen molar-refractivity contribution in [3.63, 3.8) is 0 Å². The van der Waals surface area contributed by atoms with Gasteiger partial charge in [0, 0.05) is 17.1 Å². The third-order valence-electron chi connectivity index (χ3n) is 3.60. The first-order valence-corrected chi connectivity index (χ1v) is 8.05. The zero-order valence-electron chi connectivity index (χ0n) is 13.7. The van der Waals surface area contributed by atoms with Crippen molar-refractivity contribution in [1.82, 2.24) is 10.6 Å². The van der Waals surface area contributed by atoms with Crippen LogP contribution >= 0.6 is 11.6 Å². The maximum absolute atomic E-state index is 12.5. The first-order chi connectivity index (χ1) is 12.2. The van der Waals surface area contributed by atoms with E-state index in [1.807, 2.05) is 0 Å². The van der Waals surface area contributed by atoms with Gasteiger partial charge in [-0.3, -0.25) is 9.59 Å². The number of benzene rings is 2. The quantitative estimate of drug-likeness (QED) is 0.824. The zero-order valence-corrected chi connectivity index (χ0v) is 14.5. The number of halogens is 4. The Kier molecular flexibility index (Phi) is 6.26. The number of alkyl halides is 3. The molecule has 0 saturated carbocycles. The van der Waals surface area contributed by atoms with Crippen LogP contribution in [0.3, 0.4) is 0 Å². The molecule has 0 fully saturated rings. The summed E-state index contributed by atoms with van der Waals surface area (Å²) >= 11 is 5.75. The average Bonchev–Trinajstić information content (AvgIpc) is 2.59. The van der Waals surface area contributed by atoms with E-state index in [1.165, 1.54) is 31.2 Å². The standard InChI is InChI=1S/C18H16ClF3N2O2/c1-11(24-17(26)13-4-8-15(19)9-5-13)16(25)23-10-12-2-6-14(7-3-12)18(20,21)22/h2-9,11H,10H2,1H3,(H,23,25)(H,24,26). The average molecular weight is 385 g/mol. The summed E-state index contributed by atoms with van der Waals surface area (Å²) in [4.78, 5) is 24.1. The van der Waals surface area contributed by atoms with E-state index in [1.54, 1.807) is 12.1 Å². The Morgan fingerprint density at radius 3 is 2.15 bits per heavy atom. The molecule has 1 unspecified atom stereocenters. The van der Waals surface area contributed by atoms with E-state index in [-0.39, 0.29) is 6.54 Å². The highest BCUT2D eigenvalue weighted by molar-refractivity contribution is 6.30.